The van der Waals surface area contributed by atoms with Crippen LogP contribution in [0.15, 0.2) is 30.3 Å². The molecule has 0 bridgehead atoms. The number of carbonyl (C=O) groups excluding carboxylic acids is 1. The molecule has 64 valence electrons. The molecule has 0 heterocycles. The number of esters is 1. The fraction of sp³-hybridized carbons (Fsp3) is 0.300. The zero-order valence-corrected chi connectivity index (χ0v) is 7.16. The molecule has 2 heteroatoms. The van der Waals surface area contributed by atoms with Gasteiger partial charge >= 0.3 is 5.97 Å². The van der Waals surface area contributed by atoms with Gasteiger partial charge in [-0.3, -0.25) is 0 Å². The van der Waals surface area contributed by atoms with Crippen LogP contribution in [0.4, 0.5) is 0 Å². The lowest BCUT2D eigenvalue weighted by Crippen LogP contribution is -2.02. The van der Waals surface area contributed by atoms with Gasteiger partial charge in [0.15, 0.2) is 7.11 Å². The summed E-state index contributed by atoms with van der Waals surface area (Å²) >= 11 is 0. The molecular formula is C10H13O2+. The summed E-state index contributed by atoms with van der Waals surface area (Å²) in [6.45, 7) is 0. The van der Waals surface area contributed by atoms with E-state index in [1.807, 2.05) is 30.3 Å². The zero-order valence-electron chi connectivity index (χ0n) is 7.16. The Morgan fingerprint density at radius 3 is 2.58 bits per heavy atom. The molecule has 0 fully saturated rings. The number of rotatable bonds is 3. The van der Waals surface area contributed by atoms with Crippen LogP contribution in [-0.4, -0.2) is 17.9 Å². The van der Waals surface area contributed by atoms with Crippen molar-refractivity contribution in [3.05, 3.63) is 35.9 Å². The highest BCUT2D eigenvalue weighted by Gasteiger charge is 2.07. The standard InChI is InChI=1S/C10H12O2/c1-12-10(11)8-7-9-5-3-2-4-6-9/h2-6H,7-8H2,1H3/p+1. The van der Waals surface area contributed by atoms with Gasteiger partial charge in [-0.25, -0.2) is 0 Å². The summed E-state index contributed by atoms with van der Waals surface area (Å²) in [5.41, 5.74) is 1.21. The predicted octanol–water partition coefficient (Wildman–Crippen LogP) is 1.77. The summed E-state index contributed by atoms with van der Waals surface area (Å²) in [6.07, 6.45) is 1.39. The minimum Gasteiger partial charge on any atom is -0.339 e. The number of benzene rings is 1. The van der Waals surface area contributed by atoms with Gasteiger partial charge in [-0.15, -0.1) is 0 Å². The van der Waals surface area contributed by atoms with E-state index in [4.69, 9.17) is 4.79 Å². The van der Waals surface area contributed by atoms with E-state index in [-0.39, 0.29) is 5.97 Å². The lowest BCUT2D eigenvalue weighted by molar-refractivity contribution is 0.340. The highest BCUT2D eigenvalue weighted by Crippen LogP contribution is 2.02. The van der Waals surface area contributed by atoms with Gasteiger partial charge in [0.05, 0.1) is 0 Å². The molecule has 2 nitrogen and oxygen atoms in total. The second-order valence-electron chi connectivity index (χ2n) is 2.58. The van der Waals surface area contributed by atoms with E-state index in [1.165, 1.54) is 12.7 Å². The average molecular weight is 165 g/mol. The second kappa shape index (κ2) is 4.54. The molecular weight excluding hydrogens is 152 g/mol. The number of methoxy groups -OCH3 is 1. The molecule has 1 aromatic rings. The number of ether oxygens (including phenoxy) is 1. The molecule has 1 aromatic carbocycles. The van der Waals surface area contributed by atoms with Crippen molar-refractivity contribution in [3.8, 4) is 0 Å². The van der Waals surface area contributed by atoms with E-state index in [0.717, 1.165) is 6.42 Å². The van der Waals surface area contributed by atoms with Crippen LogP contribution in [0.1, 0.15) is 12.0 Å². The molecule has 0 unspecified atom stereocenters. The Hall–Kier alpha value is -1.31. The molecule has 0 aliphatic rings. The fourth-order valence-electron chi connectivity index (χ4n) is 0.998. The topological polar surface area (TPSA) is 30.6 Å². The SMILES string of the molecule is COC(=[OH+])CCc1ccccc1. The van der Waals surface area contributed by atoms with Crippen LogP contribution in [0.2, 0.25) is 0 Å². The lowest BCUT2D eigenvalue weighted by atomic mass is 10.1. The third-order valence-electron chi connectivity index (χ3n) is 1.71. The summed E-state index contributed by atoms with van der Waals surface area (Å²) in [4.78, 5) is 9.01. The minimum atomic E-state index is 0.0962. The van der Waals surface area contributed by atoms with E-state index >= 15 is 0 Å². The molecule has 0 saturated carbocycles. The average Bonchev–Trinajstić information content (AvgIpc) is 2.16. The Kier molecular flexibility index (Phi) is 3.33. The first-order valence-electron chi connectivity index (χ1n) is 3.95. The molecule has 0 aromatic heterocycles. The van der Waals surface area contributed by atoms with Gasteiger partial charge in [-0.1, -0.05) is 30.3 Å². The molecule has 12 heavy (non-hydrogen) atoms. The smallest absolute Gasteiger partial charge is 0.339 e. The first-order valence-corrected chi connectivity index (χ1v) is 3.95. The Morgan fingerprint density at radius 2 is 2.00 bits per heavy atom. The lowest BCUT2D eigenvalue weighted by Gasteiger charge is -1.94. The maximum atomic E-state index is 9.01. The second-order valence-corrected chi connectivity index (χ2v) is 2.58. The molecule has 0 amide bonds. The quantitative estimate of drug-likeness (QED) is 0.496. The van der Waals surface area contributed by atoms with Crippen LogP contribution in [0, 0.1) is 0 Å². The van der Waals surface area contributed by atoms with Crippen LogP contribution < -0.4 is 0 Å². The maximum Gasteiger partial charge on any atom is 0.482 e. The van der Waals surface area contributed by atoms with Gasteiger partial charge < -0.3 is 9.53 Å². The van der Waals surface area contributed by atoms with Crippen molar-refractivity contribution in [3.63, 3.8) is 0 Å². The van der Waals surface area contributed by atoms with Gasteiger partial charge in [0, 0.05) is 0 Å². The number of aryl methyl sites for hydroxylation is 1. The van der Waals surface area contributed by atoms with Crippen molar-refractivity contribution in [2.45, 2.75) is 12.8 Å². The first kappa shape index (κ1) is 8.78. The summed E-state index contributed by atoms with van der Waals surface area (Å²) in [5, 5.41) is 0. The van der Waals surface area contributed by atoms with Crippen LogP contribution in [-0.2, 0) is 11.2 Å². The van der Waals surface area contributed by atoms with Crippen LogP contribution in [0.3, 0.4) is 0 Å². The predicted molar refractivity (Wildman–Crippen MR) is 48.7 cm³/mol. The molecule has 0 aliphatic carbocycles. The Labute approximate surface area is 72.2 Å². The highest BCUT2D eigenvalue weighted by molar-refractivity contribution is 5.70. The van der Waals surface area contributed by atoms with E-state index in [9.17, 15) is 0 Å². The molecule has 1 N–H and O–H groups in total. The molecule has 0 saturated heterocycles. The van der Waals surface area contributed by atoms with Crippen molar-refractivity contribution >= 4 is 5.97 Å². The maximum absolute atomic E-state index is 9.01. The number of hydrogen-bond donors (Lipinski definition) is 0. The summed E-state index contributed by atoms with van der Waals surface area (Å²) in [6, 6.07) is 10.0. The monoisotopic (exact) mass is 165 g/mol. The van der Waals surface area contributed by atoms with Crippen molar-refractivity contribution in [1.29, 1.82) is 0 Å². The summed E-state index contributed by atoms with van der Waals surface area (Å²) < 4.78 is 4.64. The normalized spacial score (nSPS) is 9.42. The first-order chi connectivity index (χ1) is 5.83. The Balaban J connectivity index is 2.38. The fourth-order valence-corrected chi connectivity index (χ4v) is 0.998. The van der Waals surface area contributed by atoms with Gasteiger partial charge in [-0.05, 0) is 12.0 Å². The van der Waals surface area contributed by atoms with E-state index < -0.39 is 0 Å². The molecule has 1 rings (SSSR count). The van der Waals surface area contributed by atoms with Gasteiger partial charge in [0.2, 0.25) is 0 Å². The van der Waals surface area contributed by atoms with Gasteiger partial charge in [0.1, 0.15) is 6.42 Å². The Bertz CT molecular complexity index is 241. The van der Waals surface area contributed by atoms with E-state index in [2.05, 4.69) is 4.74 Å². The van der Waals surface area contributed by atoms with Crippen LogP contribution in [0.5, 0.6) is 0 Å². The van der Waals surface area contributed by atoms with E-state index in [1.54, 1.807) is 0 Å². The largest absolute Gasteiger partial charge is 0.482 e. The van der Waals surface area contributed by atoms with Crippen molar-refractivity contribution < 1.29 is 9.53 Å². The van der Waals surface area contributed by atoms with E-state index in [0.29, 0.717) is 6.42 Å². The third kappa shape index (κ3) is 2.74. The van der Waals surface area contributed by atoms with Crippen molar-refractivity contribution in [2.24, 2.45) is 0 Å². The highest BCUT2D eigenvalue weighted by atomic mass is 16.5. The molecule has 0 spiro atoms. The van der Waals surface area contributed by atoms with Gasteiger partial charge in [-0.2, -0.15) is 0 Å². The van der Waals surface area contributed by atoms with Crippen LogP contribution >= 0.6 is 0 Å². The zero-order chi connectivity index (χ0) is 8.81. The third-order valence-corrected chi connectivity index (χ3v) is 1.71. The van der Waals surface area contributed by atoms with Crippen molar-refractivity contribution in [2.75, 3.05) is 7.11 Å². The summed E-state index contributed by atoms with van der Waals surface area (Å²) in [5.74, 6) is 0.0962. The van der Waals surface area contributed by atoms with Gasteiger partial charge in [0.25, 0.3) is 0 Å². The van der Waals surface area contributed by atoms with Crippen molar-refractivity contribution in [1.82, 2.24) is 0 Å². The minimum absolute atomic E-state index is 0.0962. The molecule has 0 radical (unpaired) electrons. The molecule has 0 atom stereocenters. The Morgan fingerprint density at radius 1 is 1.33 bits per heavy atom. The summed E-state index contributed by atoms with van der Waals surface area (Å²) in [7, 11) is 1.47. The van der Waals surface area contributed by atoms with Crippen LogP contribution in [0.25, 0.3) is 0 Å². The number of hydrogen-bond acceptors (Lipinski definition) is 1. The molecule has 0 aliphatic heterocycles.